The van der Waals surface area contributed by atoms with Gasteiger partial charge in [0.25, 0.3) is 0 Å². The molecule has 0 spiro atoms. The first-order valence-electron chi connectivity index (χ1n) is 11.7. The van der Waals surface area contributed by atoms with Gasteiger partial charge in [0, 0.05) is 31.4 Å². The second kappa shape index (κ2) is 10.5. The lowest BCUT2D eigenvalue weighted by molar-refractivity contribution is -0.121. The number of fused-ring (bicyclic) bond motifs is 1. The Morgan fingerprint density at radius 2 is 1.75 bits per heavy atom. The molecule has 36 heavy (non-hydrogen) atoms. The summed E-state index contributed by atoms with van der Waals surface area (Å²) in [7, 11) is 0. The summed E-state index contributed by atoms with van der Waals surface area (Å²) in [6, 6.07) is 14.5. The summed E-state index contributed by atoms with van der Waals surface area (Å²) in [4.78, 5) is 10.7. The molecule has 0 unspecified atom stereocenters. The normalized spacial score (nSPS) is 14.8. The van der Waals surface area contributed by atoms with Crippen molar-refractivity contribution in [1.29, 1.82) is 0 Å². The van der Waals surface area contributed by atoms with Crippen LogP contribution in [0.3, 0.4) is 0 Å². The lowest BCUT2D eigenvalue weighted by Crippen LogP contribution is -2.37. The monoisotopic (exact) mass is 498 g/mol. The van der Waals surface area contributed by atoms with E-state index in [9.17, 15) is 13.2 Å². The molecule has 1 aliphatic rings. The van der Waals surface area contributed by atoms with Crippen LogP contribution in [0.15, 0.2) is 67.0 Å². The Morgan fingerprint density at radius 1 is 0.944 bits per heavy atom. The number of hydrogen-bond donors (Lipinski definition) is 0. The van der Waals surface area contributed by atoms with Crippen molar-refractivity contribution in [3.05, 3.63) is 67.0 Å². The van der Waals surface area contributed by atoms with Gasteiger partial charge in [-0.25, -0.2) is 19.4 Å². The Hall–Kier alpha value is -3.70. The van der Waals surface area contributed by atoms with Gasteiger partial charge >= 0.3 is 6.30 Å². The Morgan fingerprint density at radius 3 is 2.53 bits per heavy atom. The van der Waals surface area contributed by atoms with Crippen LogP contribution >= 0.6 is 0 Å². The molecule has 11 heteroatoms. The zero-order valence-electron chi connectivity index (χ0n) is 19.4. The molecule has 0 amide bonds. The molecule has 188 valence electrons. The van der Waals surface area contributed by atoms with E-state index in [0.29, 0.717) is 29.3 Å². The predicted molar refractivity (Wildman–Crippen MR) is 128 cm³/mol. The van der Waals surface area contributed by atoms with Crippen LogP contribution in [0.5, 0.6) is 5.75 Å². The van der Waals surface area contributed by atoms with Crippen molar-refractivity contribution in [2.24, 2.45) is 0 Å². The number of nitrogens with zero attached hydrogens (tertiary/aromatic N) is 6. The van der Waals surface area contributed by atoms with Crippen LogP contribution in [0.2, 0.25) is 0 Å². The van der Waals surface area contributed by atoms with E-state index in [2.05, 4.69) is 20.0 Å². The van der Waals surface area contributed by atoms with Gasteiger partial charge in [0.05, 0.1) is 31.7 Å². The van der Waals surface area contributed by atoms with Crippen molar-refractivity contribution in [2.45, 2.75) is 12.7 Å². The number of halogens is 3. The van der Waals surface area contributed by atoms with Crippen molar-refractivity contribution in [3.63, 3.8) is 0 Å². The topological polar surface area (TPSA) is 68.0 Å². The average molecular weight is 499 g/mol. The third-order valence-corrected chi connectivity index (χ3v) is 5.85. The largest absolute Gasteiger partial charge is 0.493 e. The number of morpholine rings is 1. The van der Waals surface area contributed by atoms with Crippen LogP contribution in [-0.4, -0.2) is 70.2 Å². The summed E-state index contributed by atoms with van der Waals surface area (Å²) in [6.45, 7) is 4.75. The first-order valence-corrected chi connectivity index (χ1v) is 11.7. The van der Waals surface area contributed by atoms with E-state index in [1.165, 1.54) is 35.0 Å². The molecular weight excluding hydrogens is 473 g/mol. The number of imidazole rings is 1. The van der Waals surface area contributed by atoms with Crippen LogP contribution in [-0.2, 0) is 4.74 Å². The molecule has 4 heterocycles. The van der Waals surface area contributed by atoms with E-state index in [4.69, 9.17) is 9.47 Å². The molecular formula is C25H25F3N6O2. The number of hydrogen-bond acceptors (Lipinski definition) is 7. The predicted octanol–water partition coefficient (Wildman–Crippen LogP) is 4.55. The first kappa shape index (κ1) is 24.0. The highest BCUT2D eigenvalue weighted by atomic mass is 19.4. The lowest BCUT2D eigenvalue weighted by atomic mass is 10.1. The molecule has 1 saturated heterocycles. The van der Waals surface area contributed by atoms with E-state index in [0.717, 1.165) is 39.3 Å². The maximum atomic E-state index is 14.0. The van der Waals surface area contributed by atoms with Crippen molar-refractivity contribution in [3.8, 4) is 17.0 Å². The molecule has 1 aromatic carbocycles. The van der Waals surface area contributed by atoms with Gasteiger partial charge in [0.15, 0.2) is 11.5 Å². The van der Waals surface area contributed by atoms with Crippen molar-refractivity contribution >= 4 is 17.3 Å². The summed E-state index contributed by atoms with van der Waals surface area (Å²) in [6.07, 6.45) is -0.992. The molecule has 1 aliphatic heterocycles. The Kier molecular flexibility index (Phi) is 7.01. The number of pyridine rings is 1. The molecule has 0 saturated carbocycles. The van der Waals surface area contributed by atoms with Gasteiger partial charge < -0.3 is 9.47 Å². The van der Waals surface area contributed by atoms with Crippen LogP contribution < -0.4 is 9.64 Å². The van der Waals surface area contributed by atoms with Gasteiger partial charge in [-0.3, -0.25) is 4.90 Å². The third kappa shape index (κ3) is 5.26. The standard InChI is InChI=1S/C25H25F3N6O2/c26-25(27,28)33(22-8-3-4-11-29-22)24-10-9-23-30-18-20(34(23)31-24)19-6-1-2-7-21(19)36-15-5-12-32-13-16-35-17-14-32/h1-4,6-11,18H,5,12-17H2. The number of anilines is 2. The zero-order valence-corrected chi connectivity index (χ0v) is 19.4. The Labute approximate surface area is 205 Å². The zero-order chi connectivity index (χ0) is 25.0. The van der Waals surface area contributed by atoms with Crippen LogP contribution in [0.25, 0.3) is 16.9 Å². The SMILES string of the molecule is FC(F)(F)N(c1ccccn1)c1ccc2ncc(-c3ccccc3OCCCN3CCOCC3)n2n1. The van der Waals surface area contributed by atoms with E-state index < -0.39 is 6.30 Å². The summed E-state index contributed by atoms with van der Waals surface area (Å²) in [5, 5.41) is 4.30. The number of ether oxygens (including phenoxy) is 2. The molecule has 0 radical (unpaired) electrons. The smallest absolute Gasteiger partial charge is 0.491 e. The van der Waals surface area contributed by atoms with Gasteiger partial charge in [0.1, 0.15) is 11.6 Å². The minimum atomic E-state index is -4.72. The third-order valence-electron chi connectivity index (χ3n) is 5.85. The fraction of sp³-hybridized carbons (Fsp3) is 0.320. The molecule has 0 N–H and O–H groups in total. The second-order valence-corrected chi connectivity index (χ2v) is 8.25. The average Bonchev–Trinajstić information content (AvgIpc) is 3.31. The van der Waals surface area contributed by atoms with Gasteiger partial charge in [0.2, 0.25) is 0 Å². The number of rotatable bonds is 8. The summed E-state index contributed by atoms with van der Waals surface area (Å²) >= 11 is 0. The van der Waals surface area contributed by atoms with Gasteiger partial charge in [-0.2, -0.15) is 0 Å². The van der Waals surface area contributed by atoms with Crippen LogP contribution in [0, 0.1) is 0 Å². The molecule has 0 bridgehead atoms. The quantitative estimate of drug-likeness (QED) is 0.261. The maximum Gasteiger partial charge on any atom is 0.491 e. The van der Waals surface area contributed by atoms with E-state index in [1.54, 1.807) is 12.3 Å². The number of para-hydroxylation sites is 1. The molecule has 0 aliphatic carbocycles. The highest BCUT2D eigenvalue weighted by Crippen LogP contribution is 2.35. The summed E-state index contributed by atoms with van der Waals surface area (Å²) in [5.74, 6) is 0.0188. The molecule has 4 aromatic rings. The van der Waals surface area contributed by atoms with Crippen LogP contribution in [0.1, 0.15) is 6.42 Å². The fourth-order valence-electron chi connectivity index (χ4n) is 4.13. The summed E-state index contributed by atoms with van der Waals surface area (Å²) < 4.78 is 54.9. The molecule has 0 atom stereocenters. The minimum absolute atomic E-state index is 0.143. The van der Waals surface area contributed by atoms with E-state index >= 15 is 0 Å². The van der Waals surface area contributed by atoms with E-state index in [-0.39, 0.29) is 16.5 Å². The fourth-order valence-corrected chi connectivity index (χ4v) is 4.13. The summed E-state index contributed by atoms with van der Waals surface area (Å²) in [5.41, 5.74) is 1.63. The number of alkyl halides is 3. The Bertz CT molecular complexity index is 1290. The van der Waals surface area contributed by atoms with Gasteiger partial charge in [-0.05, 0) is 42.8 Å². The second-order valence-electron chi connectivity index (χ2n) is 8.25. The van der Waals surface area contributed by atoms with Crippen molar-refractivity contribution in [1.82, 2.24) is 24.5 Å². The van der Waals surface area contributed by atoms with Crippen LogP contribution in [0.4, 0.5) is 24.8 Å². The number of aromatic nitrogens is 4. The Balaban J connectivity index is 1.41. The molecule has 3 aromatic heterocycles. The highest BCUT2D eigenvalue weighted by molar-refractivity contribution is 5.70. The minimum Gasteiger partial charge on any atom is -0.493 e. The van der Waals surface area contributed by atoms with Crippen molar-refractivity contribution < 1.29 is 22.6 Å². The highest BCUT2D eigenvalue weighted by Gasteiger charge is 2.41. The number of benzene rings is 1. The first-order chi connectivity index (χ1) is 17.5. The molecule has 1 fully saturated rings. The molecule has 8 nitrogen and oxygen atoms in total. The van der Waals surface area contributed by atoms with Gasteiger partial charge in [-0.15, -0.1) is 18.3 Å². The van der Waals surface area contributed by atoms with Gasteiger partial charge in [-0.1, -0.05) is 18.2 Å². The van der Waals surface area contributed by atoms with E-state index in [1.807, 2.05) is 24.3 Å². The lowest BCUT2D eigenvalue weighted by Gasteiger charge is -2.26. The maximum absolute atomic E-state index is 14.0. The van der Waals surface area contributed by atoms with Crippen molar-refractivity contribution in [2.75, 3.05) is 44.4 Å². The molecule has 5 rings (SSSR count).